The van der Waals surface area contributed by atoms with Crippen molar-refractivity contribution >= 4 is 18.0 Å². The van der Waals surface area contributed by atoms with Crippen LogP contribution in [0.1, 0.15) is 41.0 Å². The lowest BCUT2D eigenvalue weighted by molar-refractivity contribution is -0.142. The summed E-state index contributed by atoms with van der Waals surface area (Å²) in [7, 11) is 0. The van der Waals surface area contributed by atoms with E-state index < -0.39 is 30.1 Å². The highest BCUT2D eigenvalue weighted by molar-refractivity contribution is 5.89. The van der Waals surface area contributed by atoms with Crippen molar-refractivity contribution in [2.24, 2.45) is 11.8 Å². The van der Waals surface area contributed by atoms with E-state index in [0.29, 0.717) is 6.42 Å². The van der Waals surface area contributed by atoms with Gasteiger partial charge in [0.25, 0.3) is 0 Å². The number of carbonyl (C=O) groups is 3. The molecule has 0 aromatic rings. The zero-order valence-electron chi connectivity index (χ0n) is 13.3. The fourth-order valence-corrected chi connectivity index (χ4v) is 1.79. The van der Waals surface area contributed by atoms with Crippen LogP contribution in [0, 0.1) is 11.8 Å². The Bertz CT molecular complexity index is 368. The summed E-state index contributed by atoms with van der Waals surface area (Å²) in [5, 5.41) is 14.0. The van der Waals surface area contributed by atoms with Gasteiger partial charge in [-0.15, -0.1) is 0 Å². The van der Waals surface area contributed by atoms with Crippen molar-refractivity contribution in [2.45, 2.75) is 53.1 Å². The van der Waals surface area contributed by atoms with Gasteiger partial charge >= 0.3 is 12.1 Å². The van der Waals surface area contributed by atoms with Crippen molar-refractivity contribution in [1.82, 2.24) is 10.6 Å². The van der Waals surface area contributed by atoms with Gasteiger partial charge in [0.15, 0.2) is 0 Å². The second-order valence-corrected chi connectivity index (χ2v) is 5.62. The zero-order chi connectivity index (χ0) is 16.6. The van der Waals surface area contributed by atoms with Gasteiger partial charge < -0.3 is 20.5 Å². The number of amides is 2. The molecule has 0 radical (unpaired) electrons. The van der Waals surface area contributed by atoms with Gasteiger partial charge in [0.2, 0.25) is 5.91 Å². The SMILES string of the molecule is CCOC(=O)NC(C(=O)NC(CC(C)C)C(=O)O)C(C)C. The van der Waals surface area contributed by atoms with Crippen molar-refractivity contribution < 1.29 is 24.2 Å². The molecular weight excluding hydrogens is 276 g/mol. The summed E-state index contributed by atoms with van der Waals surface area (Å²) in [5.41, 5.74) is 0. The van der Waals surface area contributed by atoms with Crippen LogP contribution in [-0.4, -0.2) is 41.8 Å². The molecule has 122 valence electrons. The highest BCUT2D eigenvalue weighted by Gasteiger charge is 2.29. The van der Waals surface area contributed by atoms with Crippen molar-refractivity contribution in [3.8, 4) is 0 Å². The molecule has 0 heterocycles. The van der Waals surface area contributed by atoms with Crippen LogP contribution in [0.4, 0.5) is 4.79 Å². The number of carboxylic acids is 1. The third-order valence-electron chi connectivity index (χ3n) is 2.82. The first-order valence-corrected chi connectivity index (χ1v) is 7.15. The second kappa shape index (κ2) is 9.20. The van der Waals surface area contributed by atoms with Crippen LogP contribution >= 0.6 is 0 Å². The number of ether oxygens (including phenoxy) is 1. The number of rotatable bonds is 8. The molecule has 0 saturated carbocycles. The lowest BCUT2D eigenvalue weighted by Crippen LogP contribution is -2.54. The van der Waals surface area contributed by atoms with Gasteiger partial charge in [0.1, 0.15) is 12.1 Å². The molecule has 7 heteroatoms. The van der Waals surface area contributed by atoms with E-state index in [2.05, 4.69) is 10.6 Å². The van der Waals surface area contributed by atoms with E-state index in [0.717, 1.165) is 0 Å². The number of carboxylic acid groups (broad SMARTS) is 1. The molecule has 2 unspecified atom stereocenters. The summed E-state index contributed by atoms with van der Waals surface area (Å²) in [4.78, 5) is 34.8. The number of nitrogens with one attached hydrogen (secondary N) is 2. The Kier molecular flexibility index (Phi) is 8.42. The molecule has 0 aromatic heterocycles. The largest absolute Gasteiger partial charge is 0.480 e. The van der Waals surface area contributed by atoms with Crippen molar-refractivity contribution in [3.63, 3.8) is 0 Å². The van der Waals surface area contributed by atoms with Gasteiger partial charge in [-0.3, -0.25) is 4.79 Å². The molecule has 0 aliphatic heterocycles. The third-order valence-corrected chi connectivity index (χ3v) is 2.82. The third kappa shape index (κ3) is 7.53. The number of hydrogen-bond acceptors (Lipinski definition) is 4. The molecule has 2 amide bonds. The molecule has 0 spiro atoms. The standard InChI is InChI=1S/C14H26N2O5/c1-6-21-14(20)16-11(9(4)5)12(17)15-10(13(18)19)7-8(2)3/h8-11H,6-7H2,1-5H3,(H,15,17)(H,16,20)(H,18,19). The Morgan fingerprint density at radius 2 is 1.67 bits per heavy atom. The molecule has 2 atom stereocenters. The van der Waals surface area contributed by atoms with Gasteiger partial charge in [0.05, 0.1) is 6.61 Å². The Balaban J connectivity index is 4.79. The molecule has 0 saturated heterocycles. The zero-order valence-corrected chi connectivity index (χ0v) is 13.3. The van der Waals surface area contributed by atoms with E-state index in [1.165, 1.54) is 0 Å². The topological polar surface area (TPSA) is 105 Å². The second-order valence-electron chi connectivity index (χ2n) is 5.62. The maximum Gasteiger partial charge on any atom is 0.407 e. The first-order valence-electron chi connectivity index (χ1n) is 7.15. The highest BCUT2D eigenvalue weighted by atomic mass is 16.5. The Hall–Kier alpha value is -1.79. The molecule has 0 fully saturated rings. The minimum atomic E-state index is -1.09. The Morgan fingerprint density at radius 3 is 2.05 bits per heavy atom. The van der Waals surface area contributed by atoms with Gasteiger partial charge in [-0.2, -0.15) is 0 Å². The van der Waals surface area contributed by atoms with Crippen LogP contribution in [-0.2, 0) is 14.3 Å². The van der Waals surface area contributed by atoms with E-state index in [-0.39, 0.29) is 18.4 Å². The molecule has 7 nitrogen and oxygen atoms in total. The predicted molar refractivity (Wildman–Crippen MR) is 77.8 cm³/mol. The summed E-state index contributed by atoms with van der Waals surface area (Å²) in [5.74, 6) is -1.67. The molecule has 0 aromatic carbocycles. The molecular formula is C14H26N2O5. The maximum absolute atomic E-state index is 12.2. The highest BCUT2D eigenvalue weighted by Crippen LogP contribution is 2.08. The van der Waals surface area contributed by atoms with Gasteiger partial charge in [-0.25, -0.2) is 9.59 Å². The Labute approximate surface area is 125 Å². The van der Waals surface area contributed by atoms with Crippen LogP contribution in [0.3, 0.4) is 0 Å². The lowest BCUT2D eigenvalue weighted by Gasteiger charge is -2.24. The van der Waals surface area contributed by atoms with E-state index >= 15 is 0 Å². The fourth-order valence-electron chi connectivity index (χ4n) is 1.79. The predicted octanol–water partition coefficient (Wildman–Crippen LogP) is 1.37. The number of aliphatic carboxylic acids is 1. The van der Waals surface area contributed by atoms with E-state index in [1.54, 1.807) is 20.8 Å². The summed E-state index contributed by atoms with van der Waals surface area (Å²) in [6.45, 7) is 9.12. The number of hydrogen-bond donors (Lipinski definition) is 3. The van der Waals surface area contributed by atoms with Crippen molar-refractivity contribution in [1.29, 1.82) is 0 Å². The summed E-state index contributed by atoms with van der Waals surface area (Å²) < 4.78 is 4.74. The summed E-state index contributed by atoms with van der Waals surface area (Å²) in [6.07, 6.45) is -0.368. The average molecular weight is 302 g/mol. The average Bonchev–Trinajstić information content (AvgIpc) is 2.34. The molecule has 0 aliphatic carbocycles. The molecule has 21 heavy (non-hydrogen) atoms. The van der Waals surface area contributed by atoms with Gasteiger partial charge in [0, 0.05) is 0 Å². The van der Waals surface area contributed by atoms with Crippen LogP contribution in [0.15, 0.2) is 0 Å². The van der Waals surface area contributed by atoms with E-state index in [9.17, 15) is 14.4 Å². The molecule has 0 aliphatic rings. The van der Waals surface area contributed by atoms with Crippen molar-refractivity contribution in [3.05, 3.63) is 0 Å². The minimum absolute atomic E-state index is 0.127. The normalized spacial score (nSPS) is 13.7. The smallest absolute Gasteiger partial charge is 0.407 e. The maximum atomic E-state index is 12.2. The van der Waals surface area contributed by atoms with Crippen LogP contribution < -0.4 is 10.6 Å². The van der Waals surface area contributed by atoms with Gasteiger partial charge in [-0.1, -0.05) is 27.7 Å². The van der Waals surface area contributed by atoms with Gasteiger partial charge in [-0.05, 0) is 25.2 Å². The first-order chi connectivity index (χ1) is 9.68. The van der Waals surface area contributed by atoms with E-state index in [1.807, 2.05) is 13.8 Å². The van der Waals surface area contributed by atoms with Crippen molar-refractivity contribution in [2.75, 3.05) is 6.61 Å². The summed E-state index contributed by atoms with van der Waals surface area (Å²) >= 11 is 0. The molecule has 0 bridgehead atoms. The van der Waals surface area contributed by atoms with Crippen LogP contribution in [0.2, 0.25) is 0 Å². The number of alkyl carbamates (subject to hydrolysis) is 1. The fraction of sp³-hybridized carbons (Fsp3) is 0.786. The molecule has 3 N–H and O–H groups in total. The number of carbonyl (C=O) groups excluding carboxylic acids is 2. The Morgan fingerprint density at radius 1 is 1.10 bits per heavy atom. The first kappa shape index (κ1) is 19.2. The molecule has 0 rings (SSSR count). The minimum Gasteiger partial charge on any atom is -0.480 e. The lowest BCUT2D eigenvalue weighted by atomic mass is 10.0. The summed E-state index contributed by atoms with van der Waals surface area (Å²) in [6, 6.07) is -1.80. The van der Waals surface area contributed by atoms with Crippen LogP contribution in [0.25, 0.3) is 0 Å². The van der Waals surface area contributed by atoms with E-state index in [4.69, 9.17) is 9.84 Å². The quantitative estimate of drug-likeness (QED) is 0.628. The van der Waals surface area contributed by atoms with Crippen LogP contribution in [0.5, 0.6) is 0 Å². The monoisotopic (exact) mass is 302 g/mol.